The molecule has 1 unspecified atom stereocenters. The zero-order valence-electron chi connectivity index (χ0n) is 39.4. The van der Waals surface area contributed by atoms with Gasteiger partial charge >= 0.3 is 17.9 Å². The smallest absolute Gasteiger partial charge is 0.306 e. The molecule has 0 aromatic carbocycles. The van der Waals surface area contributed by atoms with E-state index in [9.17, 15) is 14.4 Å². The second kappa shape index (κ2) is 49.0. The van der Waals surface area contributed by atoms with Crippen LogP contribution in [-0.2, 0) is 28.6 Å². The molecular formula is C55H90O6. The first-order valence-electron chi connectivity index (χ1n) is 24.7. The van der Waals surface area contributed by atoms with E-state index in [1.165, 1.54) is 57.8 Å². The zero-order valence-corrected chi connectivity index (χ0v) is 39.4. The highest BCUT2D eigenvalue weighted by molar-refractivity contribution is 5.71. The summed E-state index contributed by atoms with van der Waals surface area (Å²) < 4.78 is 16.6. The first kappa shape index (κ1) is 57.3. The number of carbonyl (C=O) groups excluding carboxylic acids is 3. The van der Waals surface area contributed by atoms with Gasteiger partial charge in [0.05, 0.1) is 0 Å². The molecular weight excluding hydrogens is 757 g/mol. The van der Waals surface area contributed by atoms with E-state index in [0.717, 1.165) is 109 Å². The molecule has 0 rings (SSSR count). The minimum Gasteiger partial charge on any atom is -0.462 e. The predicted molar refractivity (Wildman–Crippen MR) is 260 cm³/mol. The maximum atomic E-state index is 12.7. The van der Waals surface area contributed by atoms with Crippen molar-refractivity contribution in [3.8, 4) is 0 Å². The number of ether oxygens (including phenoxy) is 3. The molecule has 0 fully saturated rings. The van der Waals surface area contributed by atoms with Crippen LogP contribution in [0.5, 0.6) is 0 Å². The molecule has 0 aromatic rings. The SMILES string of the molecule is CC/C=C\C/C=C\C/C=C\C/C=C\C/C=C\C/C=C\CCC(=O)OCC(COC(=O)CCCCCC/C=C\CCCC)OC(=O)CCCCC/C=C\CCCCCCCCC. The second-order valence-electron chi connectivity index (χ2n) is 16.0. The van der Waals surface area contributed by atoms with Crippen molar-refractivity contribution < 1.29 is 28.6 Å². The fourth-order valence-electron chi connectivity index (χ4n) is 6.32. The molecule has 0 bridgehead atoms. The van der Waals surface area contributed by atoms with E-state index in [1.807, 2.05) is 12.2 Å². The molecule has 0 amide bonds. The molecule has 6 heteroatoms. The predicted octanol–water partition coefficient (Wildman–Crippen LogP) is 16.2. The molecule has 0 N–H and O–H groups in total. The van der Waals surface area contributed by atoms with Crippen molar-refractivity contribution in [3.05, 3.63) is 97.2 Å². The molecule has 61 heavy (non-hydrogen) atoms. The van der Waals surface area contributed by atoms with Crippen LogP contribution in [0.3, 0.4) is 0 Å². The van der Waals surface area contributed by atoms with Gasteiger partial charge in [0.2, 0.25) is 0 Å². The number of hydrogen-bond donors (Lipinski definition) is 0. The van der Waals surface area contributed by atoms with Crippen LogP contribution in [0.4, 0.5) is 0 Å². The molecule has 0 saturated heterocycles. The molecule has 0 aromatic heterocycles. The fourth-order valence-corrected chi connectivity index (χ4v) is 6.32. The van der Waals surface area contributed by atoms with E-state index >= 15 is 0 Å². The molecule has 346 valence electrons. The Labute approximate surface area is 375 Å². The highest BCUT2D eigenvalue weighted by Crippen LogP contribution is 2.12. The van der Waals surface area contributed by atoms with E-state index < -0.39 is 6.10 Å². The summed E-state index contributed by atoms with van der Waals surface area (Å²) in [7, 11) is 0. The standard InChI is InChI=1S/C55H90O6/c1-4-7-10-13-16-19-22-24-26-27-28-29-30-32-33-36-39-42-45-48-54(57)60-51-52(50-59-53(56)47-44-41-38-35-21-18-15-12-9-6-3)61-55(58)49-46-43-40-37-34-31-25-23-20-17-14-11-8-5-2/h7,10,15-16,18-19,24,26,28-29,31-34,39,42,52H,4-6,8-9,11-14,17,20-23,25,27,30,35-38,40-41,43-51H2,1-3H3/b10-7-,18-15-,19-16-,26-24-,29-28-,33-32-,34-31-,42-39-. The summed E-state index contributed by atoms with van der Waals surface area (Å²) in [5.74, 6) is -1.04. The average Bonchev–Trinajstić information content (AvgIpc) is 3.26. The van der Waals surface area contributed by atoms with Crippen molar-refractivity contribution in [3.63, 3.8) is 0 Å². The average molecular weight is 847 g/mol. The highest BCUT2D eigenvalue weighted by Gasteiger charge is 2.19. The van der Waals surface area contributed by atoms with Crippen LogP contribution < -0.4 is 0 Å². The Balaban J connectivity index is 4.51. The summed E-state index contributed by atoms with van der Waals surface area (Å²) >= 11 is 0. The molecule has 0 aliphatic heterocycles. The van der Waals surface area contributed by atoms with Crippen LogP contribution in [0.15, 0.2) is 97.2 Å². The van der Waals surface area contributed by atoms with Crippen molar-refractivity contribution >= 4 is 17.9 Å². The Morgan fingerprint density at radius 3 is 1.16 bits per heavy atom. The summed E-state index contributed by atoms with van der Waals surface area (Å²) in [6.45, 7) is 6.37. The number of hydrogen-bond acceptors (Lipinski definition) is 6. The number of esters is 3. The van der Waals surface area contributed by atoms with Gasteiger partial charge in [0, 0.05) is 19.3 Å². The Morgan fingerprint density at radius 1 is 0.344 bits per heavy atom. The first-order chi connectivity index (χ1) is 30.0. The van der Waals surface area contributed by atoms with E-state index in [1.54, 1.807) is 0 Å². The maximum absolute atomic E-state index is 12.7. The van der Waals surface area contributed by atoms with Crippen molar-refractivity contribution in [1.29, 1.82) is 0 Å². The molecule has 1 atom stereocenters. The van der Waals surface area contributed by atoms with Gasteiger partial charge in [-0.15, -0.1) is 0 Å². The quantitative estimate of drug-likeness (QED) is 0.0263. The largest absolute Gasteiger partial charge is 0.462 e. The number of rotatable bonds is 43. The summed E-state index contributed by atoms with van der Waals surface area (Å²) in [5.41, 5.74) is 0. The molecule has 0 spiro atoms. The molecule has 0 aliphatic rings. The lowest BCUT2D eigenvalue weighted by Gasteiger charge is -2.18. The molecule has 0 saturated carbocycles. The van der Waals surface area contributed by atoms with Crippen LogP contribution in [0, 0.1) is 0 Å². The fraction of sp³-hybridized carbons (Fsp3) is 0.655. The number of carbonyl (C=O) groups is 3. The molecule has 0 aliphatic carbocycles. The van der Waals surface area contributed by atoms with Gasteiger partial charge in [0.15, 0.2) is 6.10 Å². The third kappa shape index (κ3) is 47.2. The third-order valence-corrected chi connectivity index (χ3v) is 10.1. The monoisotopic (exact) mass is 847 g/mol. The van der Waals surface area contributed by atoms with Crippen molar-refractivity contribution in [2.45, 2.75) is 219 Å². The van der Waals surface area contributed by atoms with E-state index in [-0.39, 0.29) is 44.0 Å². The van der Waals surface area contributed by atoms with Crippen LogP contribution >= 0.6 is 0 Å². The maximum Gasteiger partial charge on any atom is 0.306 e. The lowest BCUT2D eigenvalue weighted by atomic mass is 10.1. The normalized spacial score (nSPS) is 12.9. The van der Waals surface area contributed by atoms with Crippen LogP contribution in [0.25, 0.3) is 0 Å². The molecule has 0 heterocycles. The van der Waals surface area contributed by atoms with Gasteiger partial charge in [0.25, 0.3) is 0 Å². The number of allylic oxidation sites excluding steroid dienone is 16. The van der Waals surface area contributed by atoms with E-state index in [2.05, 4.69) is 106 Å². The van der Waals surface area contributed by atoms with Gasteiger partial charge in [-0.1, -0.05) is 189 Å². The van der Waals surface area contributed by atoms with Gasteiger partial charge in [-0.3, -0.25) is 14.4 Å². The minimum atomic E-state index is -0.819. The van der Waals surface area contributed by atoms with Crippen molar-refractivity contribution in [2.24, 2.45) is 0 Å². The molecule has 6 nitrogen and oxygen atoms in total. The van der Waals surface area contributed by atoms with Gasteiger partial charge in [-0.05, 0) is 103 Å². The first-order valence-corrected chi connectivity index (χ1v) is 24.7. The summed E-state index contributed by atoms with van der Waals surface area (Å²) in [6, 6.07) is 0. The van der Waals surface area contributed by atoms with Crippen molar-refractivity contribution in [2.75, 3.05) is 13.2 Å². The van der Waals surface area contributed by atoms with Gasteiger partial charge in [0.1, 0.15) is 13.2 Å². The van der Waals surface area contributed by atoms with Gasteiger partial charge < -0.3 is 14.2 Å². The van der Waals surface area contributed by atoms with Crippen LogP contribution in [-0.4, -0.2) is 37.2 Å². The summed E-state index contributed by atoms with van der Waals surface area (Å²) in [4.78, 5) is 37.8. The van der Waals surface area contributed by atoms with Crippen LogP contribution in [0.2, 0.25) is 0 Å². The second-order valence-corrected chi connectivity index (χ2v) is 16.0. The van der Waals surface area contributed by atoms with E-state index in [0.29, 0.717) is 12.8 Å². The lowest BCUT2D eigenvalue weighted by Crippen LogP contribution is -2.30. The Kier molecular flexibility index (Phi) is 46.0. The Hall–Kier alpha value is -3.67. The third-order valence-electron chi connectivity index (χ3n) is 10.1. The molecule has 0 radical (unpaired) electrons. The van der Waals surface area contributed by atoms with E-state index in [4.69, 9.17) is 14.2 Å². The zero-order chi connectivity index (χ0) is 44.4. The highest BCUT2D eigenvalue weighted by atomic mass is 16.6. The Morgan fingerprint density at radius 2 is 0.689 bits per heavy atom. The Bertz CT molecular complexity index is 1250. The van der Waals surface area contributed by atoms with Crippen LogP contribution in [0.1, 0.15) is 213 Å². The van der Waals surface area contributed by atoms with Gasteiger partial charge in [-0.2, -0.15) is 0 Å². The topological polar surface area (TPSA) is 78.9 Å². The van der Waals surface area contributed by atoms with Crippen molar-refractivity contribution in [1.82, 2.24) is 0 Å². The minimum absolute atomic E-state index is 0.114. The summed E-state index contributed by atoms with van der Waals surface area (Å²) in [5, 5.41) is 0. The number of unbranched alkanes of at least 4 members (excludes halogenated alkanes) is 16. The van der Waals surface area contributed by atoms with Gasteiger partial charge in [-0.25, -0.2) is 0 Å². The lowest BCUT2D eigenvalue weighted by molar-refractivity contribution is -0.166. The summed E-state index contributed by atoms with van der Waals surface area (Å²) in [6.07, 6.45) is 64.1.